The second kappa shape index (κ2) is 5.78. The first-order valence-corrected chi connectivity index (χ1v) is 7.12. The molecule has 0 aliphatic rings. The van der Waals surface area contributed by atoms with Crippen molar-refractivity contribution in [3.8, 4) is 0 Å². The molecule has 0 radical (unpaired) electrons. The Hall–Kier alpha value is -2.00. The zero-order valence-corrected chi connectivity index (χ0v) is 13.2. The minimum atomic E-state index is -0.679. The second-order valence-corrected chi connectivity index (χ2v) is 6.09. The average Bonchev–Trinajstić information content (AvgIpc) is 2.42. The van der Waals surface area contributed by atoms with Crippen LogP contribution in [0.5, 0.6) is 0 Å². The number of halogens is 1. The maximum absolute atomic E-state index is 12.6. The number of nitrogen functional groups attached to an aromatic ring is 1. The van der Waals surface area contributed by atoms with Gasteiger partial charge in [-0.1, -0.05) is 29.8 Å². The summed E-state index contributed by atoms with van der Waals surface area (Å²) < 4.78 is 0. The third-order valence-corrected chi connectivity index (χ3v) is 3.89. The normalized spacial score (nSPS) is 11.2. The Bertz CT molecular complexity index is 663. The zero-order valence-electron chi connectivity index (χ0n) is 12.4. The molecule has 1 amide bonds. The molecule has 2 aromatic carbocycles. The van der Waals surface area contributed by atoms with Crippen LogP contribution >= 0.6 is 11.6 Å². The van der Waals surface area contributed by atoms with Gasteiger partial charge in [-0.05, 0) is 56.2 Å². The lowest BCUT2D eigenvalue weighted by Crippen LogP contribution is -2.34. The van der Waals surface area contributed by atoms with Crippen LogP contribution in [0.4, 0.5) is 11.4 Å². The van der Waals surface area contributed by atoms with Crippen molar-refractivity contribution in [3.63, 3.8) is 0 Å². The summed E-state index contributed by atoms with van der Waals surface area (Å²) in [6.07, 6.45) is 0. The number of aryl methyl sites for hydroxylation is 1. The third kappa shape index (κ3) is 3.37. The van der Waals surface area contributed by atoms with Gasteiger partial charge >= 0.3 is 0 Å². The van der Waals surface area contributed by atoms with Crippen LogP contribution in [0.3, 0.4) is 0 Å². The van der Waals surface area contributed by atoms with Gasteiger partial charge in [-0.3, -0.25) is 4.79 Å². The van der Waals surface area contributed by atoms with E-state index in [9.17, 15) is 4.79 Å². The molecule has 0 bridgehead atoms. The molecule has 0 aliphatic heterocycles. The van der Waals surface area contributed by atoms with Gasteiger partial charge in [0, 0.05) is 5.69 Å². The van der Waals surface area contributed by atoms with Gasteiger partial charge in [0.1, 0.15) is 0 Å². The van der Waals surface area contributed by atoms with Gasteiger partial charge < -0.3 is 11.1 Å². The number of nitrogens with two attached hydrogens (primary N) is 1. The van der Waals surface area contributed by atoms with E-state index >= 15 is 0 Å². The molecule has 3 nitrogen and oxygen atoms in total. The highest BCUT2D eigenvalue weighted by molar-refractivity contribution is 6.33. The smallest absolute Gasteiger partial charge is 0.234 e. The SMILES string of the molecule is Cc1ccc(NC(=O)C(C)(C)c2ccc(N)cc2)c(Cl)c1. The Morgan fingerprint density at radius 3 is 2.33 bits per heavy atom. The summed E-state index contributed by atoms with van der Waals surface area (Å²) in [5, 5.41) is 3.43. The van der Waals surface area contributed by atoms with Crippen LogP contribution in [0.25, 0.3) is 0 Å². The molecular formula is C17H19ClN2O. The number of nitrogens with one attached hydrogen (secondary N) is 1. The number of hydrogen-bond acceptors (Lipinski definition) is 2. The second-order valence-electron chi connectivity index (χ2n) is 5.68. The van der Waals surface area contributed by atoms with Gasteiger partial charge in [-0.15, -0.1) is 0 Å². The van der Waals surface area contributed by atoms with Crippen LogP contribution in [0.2, 0.25) is 5.02 Å². The lowest BCUT2D eigenvalue weighted by molar-refractivity contribution is -0.120. The fourth-order valence-corrected chi connectivity index (χ4v) is 2.31. The topological polar surface area (TPSA) is 55.1 Å². The van der Waals surface area contributed by atoms with Crippen LogP contribution in [-0.2, 0) is 10.2 Å². The van der Waals surface area contributed by atoms with Crippen molar-refractivity contribution in [2.45, 2.75) is 26.2 Å². The molecule has 0 saturated heterocycles. The fraction of sp³-hybridized carbons (Fsp3) is 0.235. The standard InChI is InChI=1S/C17H19ClN2O/c1-11-4-9-15(14(18)10-11)20-16(21)17(2,3)12-5-7-13(19)8-6-12/h4-10H,19H2,1-3H3,(H,20,21). The Balaban J connectivity index is 2.24. The van der Waals surface area contributed by atoms with E-state index < -0.39 is 5.41 Å². The third-order valence-electron chi connectivity index (χ3n) is 3.57. The molecule has 0 atom stereocenters. The molecule has 3 N–H and O–H groups in total. The van der Waals surface area contributed by atoms with Gasteiger partial charge in [0.2, 0.25) is 5.91 Å². The monoisotopic (exact) mass is 302 g/mol. The van der Waals surface area contributed by atoms with E-state index in [2.05, 4.69) is 5.32 Å². The molecule has 0 fully saturated rings. The van der Waals surface area contributed by atoms with E-state index in [1.54, 1.807) is 12.1 Å². The summed E-state index contributed by atoms with van der Waals surface area (Å²) in [6, 6.07) is 12.9. The van der Waals surface area contributed by atoms with Gasteiger partial charge in [0.05, 0.1) is 16.1 Å². The predicted molar refractivity (Wildman–Crippen MR) is 88.7 cm³/mol. The van der Waals surface area contributed by atoms with E-state index in [-0.39, 0.29) is 5.91 Å². The first-order valence-electron chi connectivity index (χ1n) is 6.74. The Labute approximate surface area is 130 Å². The highest BCUT2D eigenvalue weighted by atomic mass is 35.5. The molecule has 21 heavy (non-hydrogen) atoms. The van der Waals surface area contributed by atoms with Crippen LogP contribution in [-0.4, -0.2) is 5.91 Å². The number of rotatable bonds is 3. The van der Waals surface area contributed by atoms with E-state index in [0.717, 1.165) is 11.1 Å². The fourth-order valence-electron chi connectivity index (χ4n) is 2.03. The van der Waals surface area contributed by atoms with E-state index in [1.165, 1.54) is 0 Å². The van der Waals surface area contributed by atoms with Crippen molar-refractivity contribution < 1.29 is 4.79 Å². The summed E-state index contributed by atoms with van der Waals surface area (Å²) in [7, 11) is 0. The molecule has 0 unspecified atom stereocenters. The quantitative estimate of drug-likeness (QED) is 0.837. The van der Waals surface area contributed by atoms with Gasteiger partial charge in [-0.25, -0.2) is 0 Å². The largest absolute Gasteiger partial charge is 0.399 e. The number of amides is 1. The van der Waals surface area contributed by atoms with Crippen LogP contribution in [0.1, 0.15) is 25.0 Å². The predicted octanol–water partition coefficient (Wildman–Crippen LogP) is 4.15. The summed E-state index contributed by atoms with van der Waals surface area (Å²) >= 11 is 6.16. The van der Waals surface area contributed by atoms with Gasteiger partial charge in [-0.2, -0.15) is 0 Å². The minimum absolute atomic E-state index is 0.113. The Morgan fingerprint density at radius 2 is 1.76 bits per heavy atom. The summed E-state index contributed by atoms with van der Waals surface area (Å²) in [6.45, 7) is 5.70. The van der Waals surface area contributed by atoms with Crippen molar-refractivity contribution in [1.82, 2.24) is 0 Å². The molecule has 0 saturated carbocycles. The lowest BCUT2D eigenvalue weighted by Gasteiger charge is -2.24. The summed E-state index contributed by atoms with van der Waals surface area (Å²) in [5.41, 5.74) is 8.26. The zero-order chi connectivity index (χ0) is 15.6. The van der Waals surface area contributed by atoms with Crippen molar-refractivity contribution in [2.75, 3.05) is 11.1 Å². The van der Waals surface area contributed by atoms with Crippen LogP contribution in [0, 0.1) is 6.92 Å². The van der Waals surface area contributed by atoms with Gasteiger partial charge in [0.15, 0.2) is 0 Å². The van der Waals surface area contributed by atoms with Crippen molar-refractivity contribution >= 4 is 28.9 Å². The molecule has 0 spiro atoms. The van der Waals surface area contributed by atoms with Crippen molar-refractivity contribution in [2.24, 2.45) is 0 Å². The Kier molecular flexibility index (Phi) is 4.24. The molecule has 0 aliphatic carbocycles. The average molecular weight is 303 g/mol. The summed E-state index contributed by atoms with van der Waals surface area (Å²) in [5.74, 6) is -0.113. The first kappa shape index (κ1) is 15.4. The number of benzene rings is 2. The van der Waals surface area contributed by atoms with Crippen LogP contribution in [0.15, 0.2) is 42.5 Å². The molecule has 2 aromatic rings. The van der Waals surface area contributed by atoms with Gasteiger partial charge in [0.25, 0.3) is 0 Å². The number of carbonyl (C=O) groups excluding carboxylic acids is 1. The molecule has 110 valence electrons. The van der Waals surface area contributed by atoms with E-state index in [0.29, 0.717) is 16.4 Å². The molecule has 0 aromatic heterocycles. The number of anilines is 2. The molecular weight excluding hydrogens is 284 g/mol. The number of hydrogen-bond donors (Lipinski definition) is 2. The lowest BCUT2D eigenvalue weighted by atomic mass is 9.83. The summed E-state index contributed by atoms with van der Waals surface area (Å²) in [4.78, 5) is 12.6. The Morgan fingerprint density at radius 1 is 1.14 bits per heavy atom. The molecule has 2 rings (SSSR count). The maximum atomic E-state index is 12.6. The molecule has 0 heterocycles. The highest BCUT2D eigenvalue weighted by Crippen LogP contribution is 2.28. The first-order chi connectivity index (χ1) is 9.80. The van der Waals surface area contributed by atoms with Crippen molar-refractivity contribution in [1.29, 1.82) is 0 Å². The van der Waals surface area contributed by atoms with E-state index in [1.807, 2.05) is 51.1 Å². The van der Waals surface area contributed by atoms with Crippen molar-refractivity contribution in [3.05, 3.63) is 58.6 Å². The van der Waals surface area contributed by atoms with Crippen LogP contribution < -0.4 is 11.1 Å². The molecule has 4 heteroatoms. The maximum Gasteiger partial charge on any atom is 0.234 e. The number of carbonyl (C=O) groups is 1. The highest BCUT2D eigenvalue weighted by Gasteiger charge is 2.30. The van der Waals surface area contributed by atoms with E-state index in [4.69, 9.17) is 17.3 Å². The minimum Gasteiger partial charge on any atom is -0.399 e.